The molecule has 2 rings (SSSR count). The Bertz CT molecular complexity index is 266. The van der Waals surface area contributed by atoms with Crippen molar-refractivity contribution in [3.8, 4) is 0 Å². The summed E-state index contributed by atoms with van der Waals surface area (Å²) in [6.45, 7) is 5.92. The van der Waals surface area contributed by atoms with Crippen LogP contribution in [0.1, 0.15) is 20.8 Å². The molecule has 4 nitrogen and oxygen atoms in total. The molecule has 5 heteroatoms. The van der Waals surface area contributed by atoms with Crippen LogP contribution in [0.15, 0.2) is 0 Å². The molecule has 2 saturated heterocycles. The summed E-state index contributed by atoms with van der Waals surface area (Å²) in [5, 5.41) is 8.94. The molecule has 1 N–H and O–H groups in total. The lowest BCUT2D eigenvalue weighted by Gasteiger charge is -2.21. The van der Waals surface area contributed by atoms with Crippen LogP contribution in [0, 0.1) is 0 Å². The van der Waals surface area contributed by atoms with E-state index in [0.717, 1.165) is 7.28 Å². The fourth-order valence-electron chi connectivity index (χ4n) is 2.52. The molecule has 4 atom stereocenters. The highest BCUT2D eigenvalue weighted by atomic mass is 16.6. The van der Waals surface area contributed by atoms with Gasteiger partial charge in [0.05, 0.1) is 12.2 Å². The van der Waals surface area contributed by atoms with Gasteiger partial charge in [-0.05, 0) is 26.6 Å². The molecule has 2 fully saturated rings. The minimum atomic E-state index is -0.915. The zero-order valence-corrected chi connectivity index (χ0v) is 8.69. The average Bonchev–Trinajstić information content (AvgIpc) is 2.47. The van der Waals surface area contributed by atoms with Gasteiger partial charge < -0.3 is 14.6 Å². The summed E-state index contributed by atoms with van der Waals surface area (Å²) in [6.07, 6.45) is -1.06. The number of aliphatic carboxylic acids is 1. The number of carboxylic acids is 1. The van der Waals surface area contributed by atoms with Gasteiger partial charge in [-0.25, -0.2) is 4.79 Å². The largest absolute Gasteiger partial charge is 0.479 e. The van der Waals surface area contributed by atoms with Gasteiger partial charge in [-0.1, -0.05) is 0 Å². The third-order valence-electron chi connectivity index (χ3n) is 3.11. The zero-order chi connectivity index (χ0) is 10.5. The first-order chi connectivity index (χ1) is 6.41. The average molecular weight is 198 g/mol. The predicted molar refractivity (Wildman–Crippen MR) is 51.8 cm³/mol. The minimum Gasteiger partial charge on any atom is -0.479 e. The van der Waals surface area contributed by atoms with Crippen LogP contribution in [0.5, 0.6) is 0 Å². The number of hydrogen-bond acceptors (Lipinski definition) is 3. The van der Waals surface area contributed by atoms with E-state index in [1.54, 1.807) is 0 Å². The van der Waals surface area contributed by atoms with Crippen molar-refractivity contribution < 1.29 is 19.4 Å². The van der Waals surface area contributed by atoms with E-state index in [0.29, 0.717) is 0 Å². The van der Waals surface area contributed by atoms with Crippen molar-refractivity contribution in [2.45, 2.75) is 50.4 Å². The monoisotopic (exact) mass is 198 g/mol. The Morgan fingerprint density at radius 2 is 2.14 bits per heavy atom. The van der Waals surface area contributed by atoms with E-state index in [2.05, 4.69) is 0 Å². The lowest BCUT2D eigenvalue weighted by atomic mass is 9.53. The number of carboxylic acid groups (broad SMARTS) is 1. The van der Waals surface area contributed by atoms with E-state index in [9.17, 15) is 4.79 Å². The van der Waals surface area contributed by atoms with Gasteiger partial charge in [0, 0.05) is 5.50 Å². The van der Waals surface area contributed by atoms with Crippen LogP contribution in [0.25, 0.3) is 0 Å². The summed E-state index contributed by atoms with van der Waals surface area (Å²) in [6, 6.07) is 0. The molecule has 2 aliphatic heterocycles. The van der Waals surface area contributed by atoms with Gasteiger partial charge >= 0.3 is 5.97 Å². The van der Waals surface area contributed by atoms with Gasteiger partial charge in [0.25, 0.3) is 0 Å². The summed E-state index contributed by atoms with van der Waals surface area (Å²) >= 11 is 0. The highest BCUT2D eigenvalue weighted by molar-refractivity contribution is 6.43. The third kappa shape index (κ3) is 1.44. The van der Waals surface area contributed by atoms with E-state index in [1.807, 2.05) is 20.8 Å². The van der Waals surface area contributed by atoms with E-state index in [1.165, 1.54) is 0 Å². The van der Waals surface area contributed by atoms with Crippen molar-refractivity contribution in [3.63, 3.8) is 0 Å². The number of hydrogen-bond donors (Lipinski definition) is 1. The van der Waals surface area contributed by atoms with Crippen LogP contribution in [-0.4, -0.2) is 42.2 Å². The maximum absolute atomic E-state index is 10.9. The molecule has 2 aliphatic rings. The molecule has 0 aromatic rings. The van der Waals surface area contributed by atoms with Gasteiger partial charge in [-0.3, -0.25) is 0 Å². The van der Waals surface area contributed by atoms with Gasteiger partial charge in [-0.15, -0.1) is 0 Å². The quantitative estimate of drug-likeness (QED) is 0.612. The zero-order valence-electron chi connectivity index (χ0n) is 8.69. The smallest absolute Gasteiger partial charge is 0.335 e. The molecular weight excluding hydrogens is 183 g/mol. The minimum absolute atomic E-state index is 0.0112. The Morgan fingerprint density at radius 3 is 2.71 bits per heavy atom. The Morgan fingerprint density at radius 1 is 1.50 bits per heavy atom. The maximum atomic E-state index is 10.9. The molecule has 0 aromatic heterocycles. The number of ether oxygens (including phenoxy) is 2. The standard InChI is InChI=1S/C9H15BO4/c1-4-5-6(7(13-4)8(11)12)14-9(2,3)10-5/h4-7,10H,1-3H3,(H,11,12)/t4-,5-,6-,7-/m0/s1. The molecule has 0 bridgehead atoms. The topological polar surface area (TPSA) is 55.8 Å². The van der Waals surface area contributed by atoms with Crippen molar-refractivity contribution in [2.24, 2.45) is 0 Å². The second-order valence-electron chi connectivity index (χ2n) is 4.81. The first kappa shape index (κ1) is 9.99. The highest BCUT2D eigenvalue weighted by Crippen LogP contribution is 2.43. The normalized spacial score (nSPS) is 44.5. The molecule has 0 amide bonds. The molecule has 0 aromatic carbocycles. The molecule has 0 aliphatic carbocycles. The first-order valence-electron chi connectivity index (χ1n) is 4.97. The first-order valence-corrected chi connectivity index (χ1v) is 4.97. The summed E-state index contributed by atoms with van der Waals surface area (Å²) in [4.78, 5) is 10.9. The second kappa shape index (κ2) is 2.97. The van der Waals surface area contributed by atoms with Crippen molar-refractivity contribution in [2.75, 3.05) is 0 Å². The van der Waals surface area contributed by atoms with Gasteiger partial charge in [-0.2, -0.15) is 0 Å². The summed E-state index contributed by atoms with van der Waals surface area (Å²) < 4.78 is 11.1. The number of fused-ring (bicyclic) bond motifs is 1. The molecular formula is C9H15BO4. The van der Waals surface area contributed by atoms with Gasteiger partial charge in [0.1, 0.15) is 0 Å². The Labute approximate surface area is 83.8 Å². The fourth-order valence-corrected chi connectivity index (χ4v) is 2.52. The second-order valence-corrected chi connectivity index (χ2v) is 4.81. The van der Waals surface area contributed by atoms with E-state index >= 15 is 0 Å². The van der Waals surface area contributed by atoms with Crippen LogP contribution in [0.2, 0.25) is 5.82 Å². The number of rotatable bonds is 1. The van der Waals surface area contributed by atoms with Crippen LogP contribution < -0.4 is 0 Å². The molecule has 0 unspecified atom stereocenters. The Hall–Kier alpha value is -0.545. The van der Waals surface area contributed by atoms with Crippen LogP contribution in [0.4, 0.5) is 0 Å². The molecule has 0 spiro atoms. The lowest BCUT2D eigenvalue weighted by Crippen LogP contribution is -2.35. The van der Waals surface area contributed by atoms with Crippen molar-refractivity contribution in [1.82, 2.24) is 0 Å². The Balaban J connectivity index is 2.19. The fraction of sp³-hybridized carbons (Fsp3) is 0.889. The summed E-state index contributed by atoms with van der Waals surface area (Å²) in [5.74, 6) is -0.687. The maximum Gasteiger partial charge on any atom is 0.335 e. The van der Waals surface area contributed by atoms with E-state index in [4.69, 9.17) is 14.6 Å². The molecule has 2 heterocycles. The highest BCUT2D eigenvalue weighted by Gasteiger charge is 2.55. The molecule has 14 heavy (non-hydrogen) atoms. The molecule has 78 valence electrons. The Kier molecular flexibility index (Phi) is 2.12. The molecule has 0 radical (unpaired) electrons. The predicted octanol–water partition coefficient (Wildman–Crippen LogP) is 0.218. The molecule has 0 saturated carbocycles. The van der Waals surface area contributed by atoms with Crippen molar-refractivity contribution in [1.29, 1.82) is 0 Å². The van der Waals surface area contributed by atoms with Crippen LogP contribution >= 0.6 is 0 Å². The van der Waals surface area contributed by atoms with Gasteiger partial charge in [0.15, 0.2) is 13.4 Å². The van der Waals surface area contributed by atoms with E-state index < -0.39 is 12.1 Å². The summed E-state index contributed by atoms with van der Waals surface area (Å²) in [5.41, 5.74) is -0.207. The van der Waals surface area contributed by atoms with Gasteiger partial charge in [0.2, 0.25) is 0 Å². The third-order valence-corrected chi connectivity index (χ3v) is 3.11. The van der Waals surface area contributed by atoms with Crippen molar-refractivity contribution >= 4 is 13.2 Å². The SMILES string of the molecule is C[C@@H]1O[C@H](C(=O)O)[C@H]2OC(C)(C)B[C@H]21. The lowest BCUT2D eigenvalue weighted by molar-refractivity contribution is -0.156. The van der Waals surface area contributed by atoms with E-state index in [-0.39, 0.29) is 23.5 Å². The van der Waals surface area contributed by atoms with Crippen LogP contribution in [-0.2, 0) is 14.3 Å². The summed E-state index contributed by atoms with van der Waals surface area (Å²) in [7, 11) is 0.878. The van der Waals surface area contributed by atoms with Crippen molar-refractivity contribution in [3.05, 3.63) is 0 Å². The number of carbonyl (C=O) groups is 1. The van der Waals surface area contributed by atoms with Crippen LogP contribution in [0.3, 0.4) is 0 Å².